The molecule has 160 valence electrons. The summed E-state index contributed by atoms with van der Waals surface area (Å²) in [4.78, 5) is 13.8. The van der Waals surface area contributed by atoms with Crippen molar-refractivity contribution in [1.29, 1.82) is 0 Å². The molecular weight excluding hydrogens is 430 g/mol. The number of carbonyl (C=O) groups is 1. The number of hydrogen-bond donors (Lipinski definition) is 1. The molecule has 3 aromatic rings. The van der Waals surface area contributed by atoms with Crippen molar-refractivity contribution in [2.24, 2.45) is 0 Å². The minimum atomic E-state index is -3.71. The van der Waals surface area contributed by atoms with E-state index in [1.165, 1.54) is 24.2 Å². The first-order valence-corrected chi connectivity index (χ1v) is 12.9. The molecule has 1 aliphatic heterocycles. The van der Waals surface area contributed by atoms with Gasteiger partial charge in [-0.1, -0.05) is 30.3 Å². The molecule has 0 radical (unpaired) electrons. The average molecular weight is 454 g/mol. The molecule has 1 aromatic heterocycles. The van der Waals surface area contributed by atoms with Gasteiger partial charge in [0.2, 0.25) is 15.7 Å². The smallest absolute Gasteiger partial charge is 0.225 e. The highest BCUT2D eigenvalue weighted by atomic mass is 32.2. The van der Waals surface area contributed by atoms with Crippen LogP contribution in [0.5, 0.6) is 5.75 Å². The highest BCUT2D eigenvalue weighted by Gasteiger charge is 2.34. The van der Waals surface area contributed by atoms with Crippen LogP contribution in [0.1, 0.15) is 48.5 Å². The Labute approximate surface area is 186 Å². The van der Waals surface area contributed by atoms with Crippen molar-refractivity contribution in [2.75, 3.05) is 5.32 Å². The van der Waals surface area contributed by atoms with Crippen molar-refractivity contribution in [3.05, 3.63) is 70.4 Å². The van der Waals surface area contributed by atoms with Gasteiger partial charge in [-0.05, 0) is 55.5 Å². The van der Waals surface area contributed by atoms with Gasteiger partial charge in [-0.2, -0.15) is 0 Å². The van der Waals surface area contributed by atoms with Crippen LogP contribution in [0.25, 0.3) is 0 Å². The van der Waals surface area contributed by atoms with Crippen LogP contribution in [0.2, 0.25) is 0 Å². The van der Waals surface area contributed by atoms with Crippen molar-refractivity contribution in [3.63, 3.8) is 0 Å². The summed E-state index contributed by atoms with van der Waals surface area (Å²) in [5.41, 5.74) is 1.40. The number of nitrogens with one attached hydrogen (secondary N) is 1. The number of fused-ring (bicyclic) bond motifs is 1. The monoisotopic (exact) mass is 453 g/mol. The van der Waals surface area contributed by atoms with E-state index in [9.17, 15) is 13.2 Å². The molecule has 1 atom stereocenters. The summed E-state index contributed by atoms with van der Waals surface area (Å²) in [6.45, 7) is 0. The van der Waals surface area contributed by atoms with Crippen molar-refractivity contribution in [1.82, 2.24) is 0 Å². The third-order valence-corrected chi connectivity index (χ3v) is 9.03. The van der Waals surface area contributed by atoms with Gasteiger partial charge in [0.15, 0.2) is 0 Å². The van der Waals surface area contributed by atoms with Gasteiger partial charge in [0.25, 0.3) is 0 Å². The second-order valence-electron chi connectivity index (χ2n) is 8.05. The minimum absolute atomic E-state index is 0.165. The Kier molecular flexibility index (Phi) is 5.32. The molecule has 1 fully saturated rings. The molecule has 5 rings (SSSR count). The molecule has 1 amide bonds. The summed E-state index contributed by atoms with van der Waals surface area (Å²) in [6.07, 6.45) is 5.22. The van der Waals surface area contributed by atoms with Crippen LogP contribution in [0.4, 0.5) is 5.69 Å². The summed E-state index contributed by atoms with van der Waals surface area (Å²) in [7, 11) is -3.71. The quantitative estimate of drug-likeness (QED) is 0.563. The summed E-state index contributed by atoms with van der Waals surface area (Å²) in [5, 5.41) is 4.45. The summed E-state index contributed by atoms with van der Waals surface area (Å²) >= 11 is 1.38. The lowest BCUT2D eigenvalue weighted by Crippen LogP contribution is -2.23. The standard InChI is InChI=1S/C24H23NO4S2/c26-22-14-20(16-10-12-18(13-11-16)29-17-6-4-5-7-17)24-23(25-22)21(15-30-24)31(27,28)19-8-2-1-3-9-19/h1-3,8-13,15,17,20H,4-7,14H2,(H,25,26)/t20-/m1/s1. The van der Waals surface area contributed by atoms with Crippen LogP contribution in [-0.2, 0) is 14.6 Å². The van der Waals surface area contributed by atoms with E-state index in [-0.39, 0.29) is 21.6 Å². The molecule has 2 aromatic carbocycles. The molecule has 1 saturated carbocycles. The van der Waals surface area contributed by atoms with Gasteiger partial charge in [-0.15, -0.1) is 11.3 Å². The molecule has 5 nitrogen and oxygen atoms in total. The third-order valence-electron chi connectivity index (χ3n) is 5.99. The van der Waals surface area contributed by atoms with Crippen molar-refractivity contribution in [3.8, 4) is 5.75 Å². The predicted molar refractivity (Wildman–Crippen MR) is 121 cm³/mol. The van der Waals surface area contributed by atoms with Crippen molar-refractivity contribution in [2.45, 2.75) is 53.9 Å². The molecule has 0 spiro atoms. The Morgan fingerprint density at radius 2 is 1.68 bits per heavy atom. The molecule has 1 N–H and O–H groups in total. The molecule has 0 saturated heterocycles. The van der Waals surface area contributed by atoms with Gasteiger partial charge in [0.05, 0.1) is 16.7 Å². The normalized spacial score (nSPS) is 19.1. The van der Waals surface area contributed by atoms with E-state index in [2.05, 4.69) is 5.32 Å². The van der Waals surface area contributed by atoms with Crippen LogP contribution < -0.4 is 10.1 Å². The predicted octanol–water partition coefficient (Wildman–Crippen LogP) is 5.38. The molecule has 0 bridgehead atoms. The Balaban J connectivity index is 1.46. The fraction of sp³-hybridized carbons (Fsp3) is 0.292. The molecule has 0 unspecified atom stereocenters. The van der Waals surface area contributed by atoms with E-state index < -0.39 is 9.84 Å². The van der Waals surface area contributed by atoms with Crippen LogP contribution in [0.15, 0.2) is 69.8 Å². The van der Waals surface area contributed by atoms with Crippen molar-refractivity contribution < 1.29 is 17.9 Å². The maximum Gasteiger partial charge on any atom is 0.225 e. The number of anilines is 1. The second-order valence-corrected chi connectivity index (χ2v) is 10.9. The largest absolute Gasteiger partial charge is 0.490 e. The summed E-state index contributed by atoms with van der Waals surface area (Å²) in [5.74, 6) is 0.496. The van der Waals surface area contributed by atoms with E-state index in [0.717, 1.165) is 29.0 Å². The fourth-order valence-corrected chi connectivity index (χ4v) is 7.30. The third kappa shape index (κ3) is 3.88. The van der Waals surface area contributed by atoms with Gasteiger partial charge >= 0.3 is 0 Å². The number of ether oxygens (including phenoxy) is 1. The maximum absolute atomic E-state index is 13.2. The van der Waals surface area contributed by atoms with Crippen LogP contribution in [-0.4, -0.2) is 20.4 Å². The average Bonchev–Trinajstić information content (AvgIpc) is 3.44. The lowest BCUT2D eigenvalue weighted by atomic mass is 9.90. The van der Waals surface area contributed by atoms with Gasteiger partial charge in [-0.25, -0.2) is 8.42 Å². The zero-order valence-electron chi connectivity index (χ0n) is 16.9. The molecule has 2 heterocycles. The molecule has 7 heteroatoms. The Hall–Kier alpha value is -2.64. The number of sulfone groups is 1. The zero-order valence-corrected chi connectivity index (χ0v) is 18.5. The van der Waals surface area contributed by atoms with E-state index in [1.54, 1.807) is 35.7 Å². The Bertz CT molecular complexity index is 1190. The van der Waals surface area contributed by atoms with Gasteiger partial charge < -0.3 is 10.1 Å². The molecule has 31 heavy (non-hydrogen) atoms. The first-order valence-electron chi connectivity index (χ1n) is 10.5. The maximum atomic E-state index is 13.2. The van der Waals surface area contributed by atoms with Crippen LogP contribution in [0, 0.1) is 0 Å². The van der Waals surface area contributed by atoms with Crippen LogP contribution in [0.3, 0.4) is 0 Å². The summed E-state index contributed by atoms with van der Waals surface area (Å²) in [6, 6.07) is 16.2. The van der Waals surface area contributed by atoms with E-state index in [1.807, 2.05) is 24.3 Å². The zero-order chi connectivity index (χ0) is 21.4. The van der Waals surface area contributed by atoms with Gasteiger partial charge in [0.1, 0.15) is 10.6 Å². The summed E-state index contributed by atoms with van der Waals surface area (Å²) < 4.78 is 32.4. The topological polar surface area (TPSA) is 72.5 Å². The van der Waals surface area contributed by atoms with Gasteiger partial charge in [-0.3, -0.25) is 4.79 Å². The molecule has 1 aliphatic carbocycles. The minimum Gasteiger partial charge on any atom is -0.490 e. The first-order chi connectivity index (χ1) is 15.0. The first kappa shape index (κ1) is 20.3. The highest BCUT2D eigenvalue weighted by molar-refractivity contribution is 7.91. The van der Waals surface area contributed by atoms with Crippen LogP contribution >= 0.6 is 11.3 Å². The molecule has 2 aliphatic rings. The SMILES string of the molecule is O=C1C[C@H](c2ccc(OC3CCCC3)cc2)c2scc(S(=O)(=O)c3ccccc3)c2N1. The molecular formula is C24H23NO4S2. The van der Waals surface area contributed by atoms with E-state index in [4.69, 9.17) is 4.74 Å². The second kappa shape index (κ2) is 8.13. The Morgan fingerprint density at radius 1 is 0.968 bits per heavy atom. The lowest BCUT2D eigenvalue weighted by Gasteiger charge is -2.24. The number of thiophene rings is 1. The van der Waals surface area contributed by atoms with E-state index >= 15 is 0 Å². The highest BCUT2D eigenvalue weighted by Crippen LogP contribution is 2.46. The number of benzene rings is 2. The Morgan fingerprint density at radius 3 is 2.39 bits per heavy atom. The number of rotatable bonds is 5. The number of amides is 1. The lowest BCUT2D eigenvalue weighted by molar-refractivity contribution is -0.116. The number of carbonyl (C=O) groups excluding carboxylic acids is 1. The fourth-order valence-electron chi connectivity index (χ4n) is 4.38. The van der Waals surface area contributed by atoms with Gasteiger partial charge in [0, 0.05) is 22.6 Å². The van der Waals surface area contributed by atoms with E-state index in [0.29, 0.717) is 18.2 Å². The number of hydrogen-bond acceptors (Lipinski definition) is 5. The van der Waals surface area contributed by atoms with Crippen molar-refractivity contribution >= 4 is 32.8 Å².